The van der Waals surface area contributed by atoms with Crippen molar-refractivity contribution in [2.45, 2.75) is 44.4 Å². The Kier molecular flexibility index (Phi) is 8.52. The number of nitrogens with zero attached hydrogens (tertiary/aromatic N) is 5. The van der Waals surface area contributed by atoms with Crippen molar-refractivity contribution in [1.29, 1.82) is 0 Å². The summed E-state index contributed by atoms with van der Waals surface area (Å²) in [5.74, 6) is 0.837. The molecule has 1 aromatic heterocycles. The molecule has 0 saturated carbocycles. The minimum Gasteiger partial charge on any atom is -0.370 e. The van der Waals surface area contributed by atoms with Crippen LogP contribution in [0.15, 0.2) is 16.9 Å². The third kappa shape index (κ3) is 6.06. The third-order valence-corrected chi connectivity index (χ3v) is 12.2. The average molecular weight is 566 g/mol. The van der Waals surface area contributed by atoms with E-state index in [1.807, 2.05) is 27.0 Å². The van der Waals surface area contributed by atoms with Gasteiger partial charge in [0, 0.05) is 40.1 Å². The minimum atomic E-state index is -2.52. The van der Waals surface area contributed by atoms with Crippen molar-refractivity contribution < 1.29 is 7.62 Å². The zero-order valence-corrected chi connectivity index (χ0v) is 22.1. The average Bonchev–Trinajstić information content (AvgIpc) is 3.32. The van der Waals surface area contributed by atoms with Crippen molar-refractivity contribution in [3.8, 4) is 0 Å². The molecule has 3 N–H and O–H groups in total. The Bertz CT molecular complexity index is 844. The number of nitrogens with one attached hydrogen (secondary N) is 2. The lowest BCUT2D eigenvalue weighted by molar-refractivity contribution is 0.267. The molecule has 0 aromatic carbocycles. The highest BCUT2D eigenvalue weighted by Gasteiger charge is 2.34. The molecule has 1 saturated heterocycles. The fourth-order valence-electron chi connectivity index (χ4n) is 3.99. The van der Waals surface area contributed by atoms with Crippen LogP contribution in [-0.2, 0) is 10.1 Å². The Labute approximate surface area is 196 Å². The van der Waals surface area contributed by atoms with E-state index in [9.17, 15) is 7.62 Å². The summed E-state index contributed by atoms with van der Waals surface area (Å²) in [5, 5.41) is 7.50. The second-order valence-electron chi connectivity index (χ2n) is 8.51. The summed E-state index contributed by atoms with van der Waals surface area (Å²) < 4.78 is 28.2. The zero-order valence-electron chi connectivity index (χ0n) is 19.1. The van der Waals surface area contributed by atoms with Gasteiger partial charge in [0.25, 0.3) is 0 Å². The molecule has 0 aliphatic carbocycles. The molecule has 0 bridgehead atoms. The van der Waals surface area contributed by atoms with Gasteiger partial charge in [-0.1, -0.05) is 0 Å². The van der Waals surface area contributed by atoms with Crippen LogP contribution in [0.2, 0.25) is 0 Å². The Hall–Kier alpha value is -1.02. The van der Waals surface area contributed by atoms with Crippen LogP contribution >= 0.6 is 27.5 Å². The van der Waals surface area contributed by atoms with Crippen LogP contribution in [0.4, 0.5) is 5.69 Å². The molecule has 0 spiro atoms. The van der Waals surface area contributed by atoms with E-state index in [0.29, 0.717) is 12.5 Å². The van der Waals surface area contributed by atoms with Crippen molar-refractivity contribution in [2.75, 3.05) is 45.0 Å². The monoisotopic (exact) mass is 565 g/mol. The maximum Gasteiger partial charge on any atom is 0.242 e. The number of halogens is 1. The maximum atomic E-state index is 12.1. The fraction of sp³-hybridized carbons (Fsp3) is 0.700. The maximum absolute atomic E-state index is 12.1. The molecule has 11 heteroatoms. The number of allylic oxidation sites excluding steroid dienone is 1. The zero-order chi connectivity index (χ0) is 22.6. The standard InChI is InChI=1S/C20H36IN7O2S/c1-15-20(16(2)27(5)24-15)25-31(30,21-29)18-7-8-19(23-13-18)22-10-6-11-28-12-9-17(14-28)26(3)4/h8,13,17-18,22,25,30H,6-7,9-12,14H2,1-5H3. The first kappa shape index (κ1) is 24.6. The second-order valence-corrected chi connectivity index (χ2v) is 15.7. The second kappa shape index (κ2) is 10.7. The molecule has 3 atom stereocenters. The van der Waals surface area contributed by atoms with E-state index in [-0.39, 0.29) is 5.25 Å². The van der Waals surface area contributed by atoms with E-state index >= 15 is 0 Å². The molecule has 2 aliphatic rings. The van der Waals surface area contributed by atoms with Crippen LogP contribution in [-0.4, -0.2) is 81.9 Å². The first-order valence-corrected chi connectivity index (χ1v) is 15.8. The molecule has 31 heavy (non-hydrogen) atoms. The number of hydrogen-bond donors (Lipinski definition) is 3. The van der Waals surface area contributed by atoms with Crippen molar-refractivity contribution in [1.82, 2.24) is 24.9 Å². The molecule has 3 heterocycles. The highest BCUT2D eigenvalue weighted by molar-refractivity contribution is 14.2. The number of aryl methyl sites for hydroxylation is 2. The number of hydrogen-bond acceptors (Lipinski definition) is 8. The predicted octanol–water partition coefficient (Wildman–Crippen LogP) is 3.17. The van der Waals surface area contributed by atoms with Crippen LogP contribution < -0.4 is 10.0 Å². The van der Waals surface area contributed by atoms with Crippen molar-refractivity contribution in [3.63, 3.8) is 0 Å². The van der Waals surface area contributed by atoms with Crippen molar-refractivity contribution >= 4 is 39.4 Å². The third-order valence-electron chi connectivity index (χ3n) is 6.11. The first-order valence-electron chi connectivity index (χ1n) is 10.7. The van der Waals surface area contributed by atoms with Crippen LogP contribution in [0.3, 0.4) is 0 Å². The van der Waals surface area contributed by atoms with Gasteiger partial charge in [-0.2, -0.15) is 5.10 Å². The van der Waals surface area contributed by atoms with Gasteiger partial charge in [-0.05, 0) is 66.4 Å². The highest BCUT2D eigenvalue weighted by Crippen LogP contribution is 2.60. The first-order chi connectivity index (χ1) is 14.7. The Morgan fingerprint density at radius 1 is 1.39 bits per heavy atom. The number of aliphatic imine (C=N–C) groups is 1. The predicted molar refractivity (Wildman–Crippen MR) is 137 cm³/mol. The van der Waals surface area contributed by atoms with E-state index in [4.69, 9.17) is 0 Å². The van der Waals surface area contributed by atoms with Crippen LogP contribution in [0.25, 0.3) is 0 Å². The Morgan fingerprint density at radius 2 is 2.16 bits per heavy atom. The molecular weight excluding hydrogens is 529 g/mol. The molecule has 3 rings (SSSR count). The lowest BCUT2D eigenvalue weighted by Gasteiger charge is -2.34. The van der Waals surface area contributed by atoms with Crippen molar-refractivity contribution in [3.05, 3.63) is 23.3 Å². The van der Waals surface area contributed by atoms with Gasteiger partial charge in [0.15, 0.2) is 0 Å². The molecule has 3 unspecified atom stereocenters. The highest BCUT2D eigenvalue weighted by atomic mass is 127. The summed E-state index contributed by atoms with van der Waals surface area (Å²) in [6, 6.07) is 0.675. The van der Waals surface area contributed by atoms with Crippen molar-refractivity contribution in [2.24, 2.45) is 12.0 Å². The Morgan fingerprint density at radius 3 is 2.71 bits per heavy atom. The molecule has 2 aliphatic heterocycles. The molecule has 0 amide bonds. The van der Waals surface area contributed by atoms with Gasteiger partial charge in [-0.3, -0.25) is 7.75 Å². The van der Waals surface area contributed by atoms with Crippen LogP contribution in [0.5, 0.6) is 0 Å². The summed E-state index contributed by atoms with van der Waals surface area (Å²) in [5.41, 5.74) is 2.49. The molecule has 9 nitrogen and oxygen atoms in total. The quantitative estimate of drug-likeness (QED) is 0.296. The number of likely N-dealkylation sites (tertiary alicyclic amines) is 1. The van der Waals surface area contributed by atoms with Crippen LogP contribution in [0, 0.1) is 13.8 Å². The molecular formula is C20H36IN7O2S. The summed E-state index contributed by atoms with van der Waals surface area (Å²) in [4.78, 5) is 9.34. The summed E-state index contributed by atoms with van der Waals surface area (Å²) in [6.07, 6.45) is 6.69. The van der Waals surface area contributed by atoms with Gasteiger partial charge in [0.2, 0.25) is 19.8 Å². The number of aromatic nitrogens is 2. The van der Waals surface area contributed by atoms with Gasteiger partial charge in [-0.25, -0.2) is 4.99 Å². The van der Waals surface area contributed by atoms with Gasteiger partial charge >= 0.3 is 0 Å². The topological polar surface area (TPSA) is 98.0 Å². The summed E-state index contributed by atoms with van der Waals surface area (Å²) in [6.45, 7) is 8.11. The molecule has 0 radical (unpaired) electrons. The normalized spacial score (nSPS) is 24.8. The number of rotatable bonds is 10. The van der Waals surface area contributed by atoms with E-state index in [2.05, 4.69) is 44.0 Å². The van der Waals surface area contributed by atoms with E-state index in [1.54, 1.807) is 10.9 Å². The smallest absolute Gasteiger partial charge is 0.242 e. The van der Waals surface area contributed by atoms with Gasteiger partial charge in [0.05, 0.1) is 22.3 Å². The van der Waals surface area contributed by atoms with Gasteiger partial charge in [-0.15, -0.1) is 0 Å². The van der Waals surface area contributed by atoms with E-state index in [1.165, 1.54) is 13.0 Å². The summed E-state index contributed by atoms with van der Waals surface area (Å²) >= 11 is -1.66. The molecule has 176 valence electrons. The lowest BCUT2D eigenvalue weighted by atomic mass is 10.2. The van der Waals surface area contributed by atoms with Gasteiger partial charge < -0.3 is 24.4 Å². The Balaban J connectivity index is 1.46. The van der Waals surface area contributed by atoms with E-state index < -0.39 is 27.5 Å². The minimum absolute atomic E-state index is 0.269. The number of likely N-dealkylation sites (N-methyl/N-ethyl adjacent to an activating group) is 1. The molecule has 1 aromatic rings. The number of anilines is 1. The van der Waals surface area contributed by atoms with Gasteiger partial charge in [0.1, 0.15) is 5.82 Å². The van der Waals surface area contributed by atoms with Crippen LogP contribution in [0.1, 0.15) is 30.7 Å². The largest absolute Gasteiger partial charge is 0.370 e. The fourth-order valence-corrected chi connectivity index (χ4v) is 8.17. The lowest BCUT2D eigenvalue weighted by Crippen LogP contribution is -2.32. The van der Waals surface area contributed by atoms with E-state index in [0.717, 1.165) is 49.0 Å². The SMILES string of the molecule is Cc1nn(C)c(C)c1NS(O)(I=O)C1C=NC(NCCCN2CCC(N(C)C)C2)=CC1. The molecule has 1 fully saturated rings. The summed E-state index contributed by atoms with van der Waals surface area (Å²) in [7, 11) is 3.66.